The van der Waals surface area contributed by atoms with E-state index >= 15 is 0 Å². The minimum absolute atomic E-state index is 0.124. The van der Waals surface area contributed by atoms with Gasteiger partial charge < -0.3 is 4.57 Å². The number of hydrogen-bond donors (Lipinski definition) is 0. The van der Waals surface area contributed by atoms with Crippen molar-refractivity contribution in [3.05, 3.63) is 41.9 Å². The van der Waals surface area contributed by atoms with Crippen LogP contribution in [-0.2, 0) is 22.1 Å². The zero-order chi connectivity index (χ0) is 19.5. The zero-order valence-electron chi connectivity index (χ0n) is 16.6. The van der Waals surface area contributed by atoms with Gasteiger partial charge in [-0.2, -0.15) is 0 Å². The predicted molar refractivity (Wildman–Crippen MR) is 109 cm³/mol. The fourth-order valence-electron chi connectivity index (χ4n) is 4.86. The van der Waals surface area contributed by atoms with Gasteiger partial charge in [0.05, 0.1) is 22.7 Å². The van der Waals surface area contributed by atoms with E-state index in [-0.39, 0.29) is 10.8 Å². The molecule has 2 aromatic rings. The number of aryl methyl sites for hydroxylation is 1. The topological polar surface area (TPSA) is 58.4 Å². The maximum atomic E-state index is 12.7. The van der Waals surface area contributed by atoms with Crippen molar-refractivity contribution < 1.29 is 8.42 Å². The van der Waals surface area contributed by atoms with Crippen LogP contribution in [0.1, 0.15) is 37.1 Å². The smallest absolute Gasteiger partial charge is 0.216 e. The Morgan fingerprint density at radius 2 is 1.71 bits per heavy atom. The largest absolute Gasteiger partial charge is 0.325 e. The minimum atomic E-state index is -3.09. The van der Waals surface area contributed by atoms with Crippen LogP contribution in [0.2, 0.25) is 0 Å². The maximum Gasteiger partial charge on any atom is 0.216 e. The highest BCUT2D eigenvalue weighted by atomic mass is 32.2. The van der Waals surface area contributed by atoms with E-state index in [1.807, 2.05) is 6.20 Å². The first-order valence-corrected chi connectivity index (χ1v) is 11.8. The molecule has 0 radical (unpaired) electrons. The molecule has 1 spiro atoms. The van der Waals surface area contributed by atoms with Gasteiger partial charge in [0.25, 0.3) is 0 Å². The van der Waals surface area contributed by atoms with Crippen LogP contribution in [0.3, 0.4) is 0 Å². The highest BCUT2D eigenvalue weighted by Gasteiger charge is 2.49. The van der Waals surface area contributed by atoms with Gasteiger partial charge in [0.2, 0.25) is 10.0 Å². The van der Waals surface area contributed by atoms with Crippen LogP contribution in [0.4, 0.5) is 0 Å². The molecule has 0 bridgehead atoms. The Bertz CT molecular complexity index is 984. The fourth-order valence-corrected chi connectivity index (χ4v) is 6.70. The van der Waals surface area contributed by atoms with Crippen molar-refractivity contribution in [1.82, 2.24) is 18.8 Å². The summed E-state index contributed by atoms with van der Waals surface area (Å²) < 4.78 is 29.4. The molecule has 1 aliphatic carbocycles. The standard InChI is InChI=1S/C21H28N4O2S/c1-16-3-5-17(6-4-16)19-15-22-20-21(23(2)13-14-25(19)20)9-11-24(12-10-21)28(26,27)18-7-8-18/h3-6,15,18H,7-14H2,1-2H3. The molecule has 2 fully saturated rings. The van der Waals surface area contributed by atoms with Gasteiger partial charge in [-0.05, 0) is 45.2 Å². The lowest BCUT2D eigenvalue weighted by atomic mass is 9.84. The molecule has 1 aromatic heterocycles. The summed E-state index contributed by atoms with van der Waals surface area (Å²) in [5.74, 6) is 1.10. The maximum absolute atomic E-state index is 12.7. The van der Waals surface area contributed by atoms with Crippen molar-refractivity contribution >= 4 is 10.0 Å². The van der Waals surface area contributed by atoms with Crippen molar-refractivity contribution in [2.45, 2.75) is 49.9 Å². The van der Waals surface area contributed by atoms with Gasteiger partial charge in [-0.3, -0.25) is 4.90 Å². The Balaban J connectivity index is 1.47. The van der Waals surface area contributed by atoms with E-state index in [0.717, 1.165) is 50.3 Å². The fraction of sp³-hybridized carbons (Fsp3) is 0.571. The monoisotopic (exact) mass is 400 g/mol. The molecule has 1 saturated carbocycles. The van der Waals surface area contributed by atoms with Crippen LogP contribution in [0.15, 0.2) is 30.5 Å². The molecular weight excluding hydrogens is 372 g/mol. The van der Waals surface area contributed by atoms with E-state index in [4.69, 9.17) is 4.98 Å². The Hall–Kier alpha value is -1.70. The third-order valence-electron chi connectivity index (χ3n) is 6.86. The Labute approximate surface area is 167 Å². The second-order valence-corrected chi connectivity index (χ2v) is 10.8. The summed E-state index contributed by atoms with van der Waals surface area (Å²) >= 11 is 0. The average Bonchev–Trinajstić information content (AvgIpc) is 3.47. The Kier molecular flexibility index (Phi) is 4.19. The first-order valence-electron chi connectivity index (χ1n) is 10.3. The molecule has 7 heteroatoms. The highest BCUT2D eigenvalue weighted by Crippen LogP contribution is 2.43. The summed E-state index contributed by atoms with van der Waals surface area (Å²) in [5.41, 5.74) is 3.44. The molecule has 2 aliphatic heterocycles. The molecule has 1 aromatic carbocycles. The molecule has 3 aliphatic rings. The van der Waals surface area contributed by atoms with Crippen molar-refractivity contribution in [1.29, 1.82) is 0 Å². The molecule has 28 heavy (non-hydrogen) atoms. The first-order chi connectivity index (χ1) is 13.4. The lowest BCUT2D eigenvalue weighted by Gasteiger charge is -2.49. The minimum Gasteiger partial charge on any atom is -0.325 e. The molecular formula is C21H28N4O2S. The number of fused-ring (bicyclic) bond motifs is 2. The normalized spacial score (nSPS) is 23.1. The molecule has 3 heterocycles. The quantitative estimate of drug-likeness (QED) is 0.795. The van der Waals surface area contributed by atoms with Gasteiger partial charge in [0, 0.05) is 26.2 Å². The number of imidazole rings is 1. The third kappa shape index (κ3) is 2.75. The second-order valence-electron chi connectivity index (χ2n) is 8.58. The van der Waals surface area contributed by atoms with Crippen LogP contribution in [0, 0.1) is 6.92 Å². The van der Waals surface area contributed by atoms with Crippen LogP contribution >= 0.6 is 0 Å². The van der Waals surface area contributed by atoms with Crippen molar-refractivity contribution in [2.75, 3.05) is 26.7 Å². The molecule has 0 unspecified atom stereocenters. The molecule has 0 N–H and O–H groups in total. The summed E-state index contributed by atoms with van der Waals surface area (Å²) in [6.45, 7) is 5.16. The molecule has 0 amide bonds. The van der Waals surface area contributed by atoms with Crippen LogP contribution in [0.5, 0.6) is 0 Å². The molecule has 150 valence electrons. The van der Waals surface area contributed by atoms with Crippen LogP contribution < -0.4 is 0 Å². The van der Waals surface area contributed by atoms with E-state index in [1.165, 1.54) is 11.1 Å². The van der Waals surface area contributed by atoms with E-state index in [1.54, 1.807) is 4.31 Å². The SMILES string of the molecule is Cc1ccc(-c2cnc3n2CCN(C)C32CCN(S(=O)(=O)C3CC3)CC2)cc1. The van der Waals surface area contributed by atoms with Crippen molar-refractivity contribution in [3.63, 3.8) is 0 Å². The van der Waals surface area contributed by atoms with Gasteiger partial charge in [0.1, 0.15) is 5.82 Å². The number of nitrogens with zero attached hydrogens (tertiary/aromatic N) is 4. The lowest BCUT2D eigenvalue weighted by Crippen LogP contribution is -2.57. The average molecular weight is 401 g/mol. The van der Waals surface area contributed by atoms with Gasteiger partial charge in [-0.15, -0.1) is 0 Å². The molecule has 6 nitrogen and oxygen atoms in total. The number of rotatable bonds is 3. The van der Waals surface area contributed by atoms with Gasteiger partial charge >= 0.3 is 0 Å². The lowest BCUT2D eigenvalue weighted by molar-refractivity contribution is 0.0274. The Morgan fingerprint density at radius 3 is 2.36 bits per heavy atom. The van der Waals surface area contributed by atoms with Crippen LogP contribution in [-0.4, -0.2) is 59.1 Å². The van der Waals surface area contributed by atoms with Crippen molar-refractivity contribution in [2.24, 2.45) is 0 Å². The van der Waals surface area contributed by atoms with E-state index < -0.39 is 10.0 Å². The zero-order valence-corrected chi connectivity index (χ0v) is 17.5. The van der Waals surface area contributed by atoms with Gasteiger partial charge in [-0.1, -0.05) is 29.8 Å². The number of hydrogen-bond acceptors (Lipinski definition) is 4. The van der Waals surface area contributed by atoms with E-state index in [9.17, 15) is 8.42 Å². The summed E-state index contributed by atoms with van der Waals surface area (Å²) in [4.78, 5) is 7.27. The number of sulfonamides is 1. The summed E-state index contributed by atoms with van der Waals surface area (Å²) in [7, 11) is -0.932. The molecule has 5 rings (SSSR count). The van der Waals surface area contributed by atoms with Gasteiger partial charge in [-0.25, -0.2) is 17.7 Å². The third-order valence-corrected chi connectivity index (χ3v) is 9.26. The van der Waals surface area contributed by atoms with Crippen molar-refractivity contribution in [3.8, 4) is 11.3 Å². The van der Waals surface area contributed by atoms with Gasteiger partial charge in [0.15, 0.2) is 0 Å². The second kappa shape index (κ2) is 6.40. The Morgan fingerprint density at radius 1 is 1.04 bits per heavy atom. The van der Waals surface area contributed by atoms with E-state index in [0.29, 0.717) is 13.1 Å². The predicted octanol–water partition coefficient (Wildman–Crippen LogP) is 2.59. The number of benzene rings is 1. The van der Waals surface area contributed by atoms with Crippen LogP contribution in [0.25, 0.3) is 11.3 Å². The highest BCUT2D eigenvalue weighted by molar-refractivity contribution is 7.90. The first kappa shape index (κ1) is 18.3. The summed E-state index contributed by atoms with van der Waals surface area (Å²) in [6.07, 6.45) is 5.26. The molecule has 1 saturated heterocycles. The molecule has 0 atom stereocenters. The number of piperidine rings is 1. The summed E-state index contributed by atoms with van der Waals surface area (Å²) in [6, 6.07) is 8.60. The van der Waals surface area contributed by atoms with E-state index in [2.05, 4.69) is 47.7 Å². The summed E-state index contributed by atoms with van der Waals surface area (Å²) in [5, 5.41) is -0.124. The number of aromatic nitrogens is 2. The number of likely N-dealkylation sites (N-methyl/N-ethyl adjacent to an activating group) is 1.